The van der Waals surface area contributed by atoms with E-state index in [1.54, 1.807) is 6.07 Å². The Hall–Kier alpha value is -1.83. The molecule has 28 heavy (non-hydrogen) atoms. The SMILES string of the molecule is C[C@@H](CS(C)(=O)=O)c1ccc(CNCC2COc3ccc(F)cc3O2)cc1.Cl. The quantitative estimate of drug-likeness (QED) is 0.731. The molecule has 1 aliphatic rings. The average Bonchev–Trinajstić information content (AvgIpc) is 2.60. The molecule has 0 amide bonds. The second kappa shape index (κ2) is 9.58. The Balaban J connectivity index is 0.00000280. The van der Waals surface area contributed by atoms with Gasteiger partial charge in [0.25, 0.3) is 0 Å². The Morgan fingerprint density at radius 2 is 1.89 bits per heavy atom. The first-order valence-corrected chi connectivity index (χ1v) is 10.9. The van der Waals surface area contributed by atoms with Crippen LogP contribution in [0.1, 0.15) is 24.0 Å². The van der Waals surface area contributed by atoms with E-state index in [4.69, 9.17) is 9.47 Å². The number of benzene rings is 2. The molecule has 3 rings (SSSR count). The molecular weight excluding hydrogens is 405 g/mol. The van der Waals surface area contributed by atoms with Crippen molar-refractivity contribution in [3.63, 3.8) is 0 Å². The zero-order chi connectivity index (χ0) is 19.4. The van der Waals surface area contributed by atoms with Crippen molar-refractivity contribution in [1.29, 1.82) is 0 Å². The molecule has 0 bridgehead atoms. The molecule has 154 valence electrons. The van der Waals surface area contributed by atoms with E-state index < -0.39 is 9.84 Å². The molecule has 1 N–H and O–H groups in total. The van der Waals surface area contributed by atoms with Crippen LogP contribution in [0.2, 0.25) is 0 Å². The third-order valence-electron chi connectivity index (χ3n) is 4.43. The fourth-order valence-electron chi connectivity index (χ4n) is 3.08. The van der Waals surface area contributed by atoms with Crippen molar-refractivity contribution in [2.45, 2.75) is 25.5 Å². The van der Waals surface area contributed by atoms with Gasteiger partial charge in [-0.3, -0.25) is 0 Å². The van der Waals surface area contributed by atoms with Crippen LogP contribution in [0.4, 0.5) is 4.39 Å². The average molecular weight is 430 g/mol. The summed E-state index contributed by atoms with van der Waals surface area (Å²) in [6.07, 6.45) is 1.07. The maximum atomic E-state index is 13.3. The Labute approximate surface area is 171 Å². The molecule has 0 aliphatic carbocycles. The number of fused-ring (bicyclic) bond motifs is 1. The summed E-state index contributed by atoms with van der Waals surface area (Å²) in [5, 5.41) is 3.31. The van der Waals surface area contributed by atoms with E-state index in [2.05, 4.69) is 5.32 Å². The molecule has 0 spiro atoms. The van der Waals surface area contributed by atoms with E-state index in [9.17, 15) is 12.8 Å². The monoisotopic (exact) mass is 429 g/mol. The molecule has 0 saturated heterocycles. The first-order chi connectivity index (χ1) is 12.8. The normalized spacial score (nSPS) is 16.9. The van der Waals surface area contributed by atoms with Crippen molar-refractivity contribution >= 4 is 22.2 Å². The van der Waals surface area contributed by atoms with Gasteiger partial charge in [0.2, 0.25) is 0 Å². The van der Waals surface area contributed by atoms with Crippen LogP contribution in [-0.4, -0.2) is 39.7 Å². The molecule has 1 unspecified atom stereocenters. The van der Waals surface area contributed by atoms with Gasteiger partial charge in [-0.1, -0.05) is 31.2 Å². The topological polar surface area (TPSA) is 64.6 Å². The molecule has 5 nitrogen and oxygen atoms in total. The number of nitrogens with one attached hydrogen (secondary N) is 1. The first kappa shape index (κ1) is 22.5. The predicted molar refractivity (Wildman–Crippen MR) is 110 cm³/mol. The molecule has 2 aromatic carbocycles. The van der Waals surface area contributed by atoms with Crippen LogP contribution in [0.5, 0.6) is 11.5 Å². The van der Waals surface area contributed by atoms with Gasteiger partial charge in [0.05, 0.1) is 5.75 Å². The van der Waals surface area contributed by atoms with Crippen molar-refractivity contribution in [2.75, 3.05) is 25.2 Å². The lowest BCUT2D eigenvalue weighted by Crippen LogP contribution is -2.38. The van der Waals surface area contributed by atoms with Crippen molar-refractivity contribution in [3.8, 4) is 11.5 Å². The van der Waals surface area contributed by atoms with Gasteiger partial charge in [0.1, 0.15) is 28.4 Å². The fraction of sp³-hybridized carbons (Fsp3) is 0.400. The number of ether oxygens (including phenoxy) is 2. The van der Waals surface area contributed by atoms with E-state index >= 15 is 0 Å². The van der Waals surface area contributed by atoms with E-state index in [0.29, 0.717) is 31.2 Å². The van der Waals surface area contributed by atoms with Crippen LogP contribution in [-0.2, 0) is 16.4 Å². The van der Waals surface area contributed by atoms with Gasteiger partial charge in [0.15, 0.2) is 11.5 Å². The van der Waals surface area contributed by atoms with Crippen LogP contribution in [0.3, 0.4) is 0 Å². The highest BCUT2D eigenvalue weighted by Gasteiger charge is 2.21. The van der Waals surface area contributed by atoms with Crippen molar-refractivity contribution in [2.24, 2.45) is 0 Å². The minimum absolute atomic E-state index is 0. The zero-order valence-corrected chi connectivity index (χ0v) is 17.5. The Morgan fingerprint density at radius 3 is 2.57 bits per heavy atom. The van der Waals surface area contributed by atoms with Crippen LogP contribution in [0, 0.1) is 5.82 Å². The highest BCUT2D eigenvalue weighted by Crippen LogP contribution is 2.31. The van der Waals surface area contributed by atoms with Gasteiger partial charge >= 0.3 is 0 Å². The van der Waals surface area contributed by atoms with Crippen LogP contribution in [0.25, 0.3) is 0 Å². The van der Waals surface area contributed by atoms with E-state index in [1.165, 1.54) is 18.4 Å². The second-order valence-electron chi connectivity index (χ2n) is 7.01. The third kappa shape index (κ3) is 6.36. The van der Waals surface area contributed by atoms with Gasteiger partial charge in [0, 0.05) is 25.4 Å². The van der Waals surface area contributed by atoms with Crippen LogP contribution in [0.15, 0.2) is 42.5 Å². The molecular formula is C20H25ClFNO4S. The Bertz CT molecular complexity index is 890. The molecule has 0 radical (unpaired) electrons. The summed E-state index contributed by atoms with van der Waals surface area (Å²) in [6, 6.07) is 12.2. The molecule has 8 heteroatoms. The molecule has 0 saturated carbocycles. The van der Waals surface area contributed by atoms with E-state index in [0.717, 1.165) is 11.1 Å². The lowest BCUT2D eigenvalue weighted by molar-refractivity contribution is 0.0896. The minimum atomic E-state index is -2.99. The Kier molecular flexibility index (Phi) is 7.69. The molecule has 0 aromatic heterocycles. The molecule has 2 aromatic rings. The summed E-state index contributed by atoms with van der Waals surface area (Å²) >= 11 is 0. The lowest BCUT2D eigenvalue weighted by atomic mass is 10.0. The van der Waals surface area contributed by atoms with E-state index in [-0.39, 0.29) is 36.0 Å². The molecule has 2 atom stereocenters. The maximum Gasteiger partial charge on any atom is 0.164 e. The smallest absolute Gasteiger partial charge is 0.164 e. The molecule has 1 heterocycles. The highest BCUT2D eigenvalue weighted by atomic mass is 35.5. The predicted octanol–water partition coefficient (Wildman–Crippen LogP) is 3.33. The number of rotatable bonds is 7. The van der Waals surface area contributed by atoms with Crippen molar-refractivity contribution in [3.05, 3.63) is 59.4 Å². The maximum absolute atomic E-state index is 13.3. The number of halogens is 2. The van der Waals surface area contributed by atoms with Crippen molar-refractivity contribution < 1.29 is 22.3 Å². The Morgan fingerprint density at radius 1 is 1.18 bits per heavy atom. The van der Waals surface area contributed by atoms with E-state index in [1.807, 2.05) is 31.2 Å². The van der Waals surface area contributed by atoms with Gasteiger partial charge < -0.3 is 14.8 Å². The standard InChI is InChI=1S/C20H24FNO4S.ClH/c1-14(13-27(2,23)24)16-5-3-15(4-6-16)10-22-11-18-12-25-19-8-7-17(21)9-20(19)26-18;/h3-9,14,18,22H,10-13H2,1-2H3;1H/t14-,18?;/m0./s1. The van der Waals surface area contributed by atoms with Gasteiger partial charge in [-0.25, -0.2) is 12.8 Å². The minimum Gasteiger partial charge on any atom is -0.486 e. The number of hydrogen-bond donors (Lipinski definition) is 1. The summed E-state index contributed by atoms with van der Waals surface area (Å²) in [5.41, 5.74) is 2.10. The number of hydrogen-bond acceptors (Lipinski definition) is 5. The fourth-order valence-corrected chi connectivity index (χ4v) is 4.18. The van der Waals surface area contributed by atoms with Gasteiger partial charge in [-0.05, 0) is 29.2 Å². The van der Waals surface area contributed by atoms with Gasteiger partial charge in [-0.2, -0.15) is 0 Å². The number of sulfone groups is 1. The summed E-state index contributed by atoms with van der Waals surface area (Å²) in [6.45, 7) is 3.54. The molecule has 1 aliphatic heterocycles. The zero-order valence-electron chi connectivity index (χ0n) is 15.9. The summed E-state index contributed by atoms with van der Waals surface area (Å²) in [5.74, 6) is 0.751. The summed E-state index contributed by atoms with van der Waals surface area (Å²) in [4.78, 5) is 0. The highest BCUT2D eigenvalue weighted by molar-refractivity contribution is 7.90. The first-order valence-electron chi connectivity index (χ1n) is 8.86. The summed E-state index contributed by atoms with van der Waals surface area (Å²) in [7, 11) is -2.99. The summed E-state index contributed by atoms with van der Waals surface area (Å²) < 4.78 is 47.5. The second-order valence-corrected chi connectivity index (χ2v) is 9.19. The van der Waals surface area contributed by atoms with Crippen LogP contribution < -0.4 is 14.8 Å². The lowest BCUT2D eigenvalue weighted by Gasteiger charge is -2.26. The van der Waals surface area contributed by atoms with Crippen LogP contribution >= 0.6 is 12.4 Å². The molecule has 0 fully saturated rings. The van der Waals surface area contributed by atoms with Crippen molar-refractivity contribution in [1.82, 2.24) is 5.32 Å². The largest absolute Gasteiger partial charge is 0.486 e. The third-order valence-corrected chi connectivity index (χ3v) is 5.53. The van der Waals surface area contributed by atoms with Gasteiger partial charge in [-0.15, -0.1) is 12.4 Å².